The Bertz CT molecular complexity index is 424. The van der Waals surface area contributed by atoms with Gasteiger partial charge in [0.2, 0.25) is 0 Å². The molecule has 0 bridgehead atoms. The number of nitrogens with zero attached hydrogens (tertiary/aromatic N) is 1. The summed E-state index contributed by atoms with van der Waals surface area (Å²) < 4.78 is 4.90. The Labute approximate surface area is 85.7 Å². The van der Waals surface area contributed by atoms with Gasteiger partial charge in [-0.05, 0) is 25.1 Å². The Morgan fingerprint density at radius 1 is 1.50 bits per heavy atom. The molecule has 2 rings (SSSR count). The minimum Gasteiger partial charge on any atom is -0.462 e. The van der Waals surface area contributed by atoms with E-state index in [0.29, 0.717) is 11.5 Å². The van der Waals surface area contributed by atoms with Crippen LogP contribution in [0.2, 0.25) is 0 Å². The maximum atomic E-state index is 11.4. The fourth-order valence-electron chi connectivity index (χ4n) is 1.16. The largest absolute Gasteiger partial charge is 0.462 e. The third-order valence-electron chi connectivity index (χ3n) is 1.78. The molecule has 2 aliphatic heterocycles. The highest BCUT2D eigenvalue weighted by molar-refractivity contribution is 7.16. The fraction of sp³-hybridized carbons (Fsp3) is 0.200. The SMILES string of the molecule is CCOC(=O)c1ccc2nccc-2s1. The highest BCUT2D eigenvalue weighted by Crippen LogP contribution is 2.27. The molecule has 0 amide bonds. The minimum atomic E-state index is -0.263. The van der Waals surface area contributed by atoms with Gasteiger partial charge in [0.15, 0.2) is 0 Å². The second-order valence-electron chi connectivity index (χ2n) is 2.71. The molecule has 0 saturated carbocycles. The molecule has 3 nitrogen and oxygen atoms in total. The number of hydrogen-bond donors (Lipinski definition) is 0. The molecule has 0 saturated heterocycles. The van der Waals surface area contributed by atoms with Crippen LogP contribution < -0.4 is 0 Å². The lowest BCUT2D eigenvalue weighted by atomic mass is 10.3. The number of carbonyl (C=O) groups is 1. The molecule has 4 heteroatoms. The number of carbonyl (C=O) groups excluding carboxylic acids is 1. The van der Waals surface area contributed by atoms with Gasteiger partial charge >= 0.3 is 5.97 Å². The zero-order valence-electron chi connectivity index (χ0n) is 7.69. The average molecular weight is 207 g/mol. The van der Waals surface area contributed by atoms with Crippen molar-refractivity contribution in [2.24, 2.45) is 0 Å². The Morgan fingerprint density at radius 2 is 2.36 bits per heavy atom. The van der Waals surface area contributed by atoms with Gasteiger partial charge in [-0.3, -0.25) is 4.98 Å². The third-order valence-corrected chi connectivity index (χ3v) is 2.87. The topological polar surface area (TPSA) is 39.2 Å². The van der Waals surface area contributed by atoms with Crippen molar-refractivity contribution in [1.29, 1.82) is 0 Å². The summed E-state index contributed by atoms with van der Waals surface area (Å²) in [6, 6.07) is 5.47. The molecule has 0 atom stereocenters. The van der Waals surface area contributed by atoms with Crippen molar-refractivity contribution in [2.75, 3.05) is 6.61 Å². The summed E-state index contributed by atoms with van der Waals surface area (Å²) in [6.07, 6.45) is 1.73. The van der Waals surface area contributed by atoms with E-state index in [1.165, 1.54) is 11.3 Å². The number of rotatable bonds is 2. The molecule has 0 aromatic carbocycles. The normalized spacial score (nSPS) is 10.4. The predicted octanol–water partition coefficient (Wildman–Crippen LogP) is 2.42. The summed E-state index contributed by atoms with van der Waals surface area (Å²) in [4.78, 5) is 17.1. The summed E-state index contributed by atoms with van der Waals surface area (Å²) >= 11 is 1.40. The van der Waals surface area contributed by atoms with Crippen LogP contribution in [0.15, 0.2) is 24.4 Å². The van der Waals surface area contributed by atoms with Gasteiger partial charge in [0.05, 0.1) is 17.2 Å². The average Bonchev–Trinajstić information content (AvgIpc) is 2.64. The highest BCUT2D eigenvalue weighted by Gasteiger charge is 2.11. The molecular formula is C10H9NO2S. The molecule has 2 heterocycles. The van der Waals surface area contributed by atoms with Crippen LogP contribution >= 0.6 is 11.3 Å². The molecule has 0 spiro atoms. The van der Waals surface area contributed by atoms with Crippen molar-refractivity contribution < 1.29 is 9.53 Å². The minimum absolute atomic E-state index is 0.263. The van der Waals surface area contributed by atoms with Gasteiger partial charge in [0.1, 0.15) is 4.88 Å². The Balaban J connectivity index is 2.35. The van der Waals surface area contributed by atoms with E-state index < -0.39 is 0 Å². The summed E-state index contributed by atoms with van der Waals surface area (Å²) in [7, 11) is 0. The first kappa shape index (κ1) is 9.15. The zero-order chi connectivity index (χ0) is 9.97. The van der Waals surface area contributed by atoms with Crippen LogP contribution in [0.1, 0.15) is 16.6 Å². The fourth-order valence-corrected chi connectivity index (χ4v) is 2.03. The van der Waals surface area contributed by atoms with Crippen molar-refractivity contribution in [3.63, 3.8) is 0 Å². The van der Waals surface area contributed by atoms with Crippen LogP contribution in [0.3, 0.4) is 0 Å². The summed E-state index contributed by atoms with van der Waals surface area (Å²) in [6.45, 7) is 2.20. The van der Waals surface area contributed by atoms with Crippen LogP contribution in [0.4, 0.5) is 0 Å². The lowest BCUT2D eigenvalue weighted by molar-refractivity contribution is 0.0532. The Hall–Kier alpha value is -1.42. The molecule has 0 aliphatic carbocycles. The molecule has 72 valence electrons. The van der Waals surface area contributed by atoms with Crippen molar-refractivity contribution in [1.82, 2.24) is 4.98 Å². The molecule has 2 aliphatic rings. The van der Waals surface area contributed by atoms with Gasteiger partial charge in [-0.2, -0.15) is 0 Å². The van der Waals surface area contributed by atoms with E-state index in [-0.39, 0.29) is 5.97 Å². The Kier molecular flexibility index (Phi) is 2.45. The maximum Gasteiger partial charge on any atom is 0.348 e. The number of ether oxygens (including phenoxy) is 1. The first-order valence-corrected chi connectivity index (χ1v) is 5.14. The molecule has 0 fully saturated rings. The van der Waals surface area contributed by atoms with E-state index in [0.717, 1.165) is 10.6 Å². The van der Waals surface area contributed by atoms with Gasteiger partial charge in [0, 0.05) is 6.20 Å². The molecule has 0 aromatic rings. The first-order valence-electron chi connectivity index (χ1n) is 4.33. The van der Waals surface area contributed by atoms with Crippen LogP contribution in [0, 0.1) is 0 Å². The summed E-state index contributed by atoms with van der Waals surface area (Å²) in [5.74, 6) is -0.263. The zero-order valence-corrected chi connectivity index (χ0v) is 8.50. The van der Waals surface area contributed by atoms with Crippen molar-refractivity contribution >= 4 is 17.3 Å². The smallest absolute Gasteiger partial charge is 0.348 e. The first-order chi connectivity index (χ1) is 6.81. The molecule has 0 aromatic heterocycles. The lowest BCUT2D eigenvalue weighted by Crippen LogP contribution is -2.02. The van der Waals surface area contributed by atoms with E-state index in [1.54, 1.807) is 19.2 Å². The van der Waals surface area contributed by atoms with Gasteiger partial charge in [-0.1, -0.05) is 0 Å². The van der Waals surface area contributed by atoms with E-state index in [2.05, 4.69) is 4.98 Å². The van der Waals surface area contributed by atoms with E-state index in [9.17, 15) is 4.79 Å². The molecule has 0 N–H and O–H groups in total. The predicted molar refractivity (Wildman–Crippen MR) is 54.7 cm³/mol. The maximum absolute atomic E-state index is 11.4. The number of esters is 1. The van der Waals surface area contributed by atoms with E-state index in [1.807, 2.05) is 12.1 Å². The molecule has 0 unspecified atom stereocenters. The van der Waals surface area contributed by atoms with Crippen LogP contribution in [-0.4, -0.2) is 17.6 Å². The van der Waals surface area contributed by atoms with Crippen molar-refractivity contribution in [2.45, 2.75) is 6.92 Å². The highest BCUT2D eigenvalue weighted by atomic mass is 32.1. The second kappa shape index (κ2) is 3.75. The summed E-state index contributed by atoms with van der Waals surface area (Å²) in [5, 5.41) is 0. The van der Waals surface area contributed by atoms with E-state index >= 15 is 0 Å². The van der Waals surface area contributed by atoms with Gasteiger partial charge in [-0.15, -0.1) is 11.3 Å². The number of fused-ring (bicyclic) bond motifs is 1. The molecular weight excluding hydrogens is 198 g/mol. The lowest BCUT2D eigenvalue weighted by Gasteiger charge is -2.02. The standard InChI is InChI=1S/C10H9NO2S/c1-2-13-10(12)9-4-3-7-8(14-9)5-6-11-7/h3-6H,2H2,1H3. The number of hydrogen-bond acceptors (Lipinski definition) is 4. The second-order valence-corrected chi connectivity index (χ2v) is 3.80. The van der Waals surface area contributed by atoms with Crippen molar-refractivity contribution in [3.8, 4) is 10.6 Å². The third kappa shape index (κ3) is 1.61. The van der Waals surface area contributed by atoms with Gasteiger partial charge in [-0.25, -0.2) is 4.79 Å². The van der Waals surface area contributed by atoms with Crippen LogP contribution in [0.5, 0.6) is 0 Å². The summed E-state index contributed by atoms with van der Waals surface area (Å²) in [5.41, 5.74) is 0.919. The van der Waals surface area contributed by atoms with Gasteiger partial charge < -0.3 is 4.74 Å². The quantitative estimate of drug-likeness (QED) is 0.710. The van der Waals surface area contributed by atoms with E-state index in [4.69, 9.17) is 4.74 Å². The van der Waals surface area contributed by atoms with Crippen LogP contribution in [0.25, 0.3) is 10.6 Å². The molecule has 14 heavy (non-hydrogen) atoms. The van der Waals surface area contributed by atoms with Gasteiger partial charge in [0.25, 0.3) is 0 Å². The monoisotopic (exact) mass is 207 g/mol. The number of aromatic nitrogens is 1. The van der Waals surface area contributed by atoms with Crippen molar-refractivity contribution in [3.05, 3.63) is 29.3 Å². The Morgan fingerprint density at radius 3 is 3.14 bits per heavy atom. The van der Waals surface area contributed by atoms with Crippen LogP contribution in [-0.2, 0) is 4.74 Å². The molecule has 0 radical (unpaired) electrons.